The second-order valence-corrected chi connectivity index (χ2v) is 4.86. The molecule has 1 aromatic heterocycles. The quantitative estimate of drug-likeness (QED) is 0.781. The van der Waals surface area contributed by atoms with Crippen molar-refractivity contribution in [2.45, 2.75) is 26.5 Å². The van der Waals surface area contributed by atoms with Crippen molar-refractivity contribution in [3.05, 3.63) is 48.5 Å². The van der Waals surface area contributed by atoms with E-state index in [1.54, 1.807) is 6.07 Å². The van der Waals surface area contributed by atoms with Gasteiger partial charge >= 0.3 is 0 Å². The number of rotatable bonds is 5. The minimum atomic E-state index is 0.134. The van der Waals surface area contributed by atoms with Crippen LogP contribution < -0.4 is 4.74 Å². The molecule has 3 aromatic rings. The van der Waals surface area contributed by atoms with Crippen molar-refractivity contribution in [3.63, 3.8) is 0 Å². The Hall–Kier alpha value is -2.56. The zero-order valence-electron chi connectivity index (χ0n) is 11.9. The Labute approximate surface area is 122 Å². The number of benzene rings is 2. The fourth-order valence-corrected chi connectivity index (χ4v) is 2.26. The van der Waals surface area contributed by atoms with Gasteiger partial charge in [0.25, 0.3) is 0 Å². The van der Waals surface area contributed by atoms with Gasteiger partial charge in [0, 0.05) is 6.54 Å². The number of nitrogens with zero attached hydrogens (tertiary/aromatic N) is 3. The highest BCUT2D eigenvalue weighted by Gasteiger charge is 2.08. The molecule has 0 saturated heterocycles. The molecule has 5 heteroatoms. The zero-order valence-corrected chi connectivity index (χ0v) is 11.9. The van der Waals surface area contributed by atoms with Gasteiger partial charge in [0.1, 0.15) is 12.9 Å². The van der Waals surface area contributed by atoms with E-state index in [9.17, 15) is 5.11 Å². The lowest BCUT2D eigenvalue weighted by Crippen LogP contribution is -2.08. The molecule has 0 radical (unpaired) electrons. The molecular weight excluding hydrogens is 266 g/mol. The Bertz CT molecular complexity index is 752. The molecule has 0 aliphatic carbocycles. The Morgan fingerprint density at radius 3 is 2.71 bits per heavy atom. The number of fused-ring (bicyclic) bond motifs is 1. The predicted molar refractivity (Wildman–Crippen MR) is 80.3 cm³/mol. The van der Waals surface area contributed by atoms with Crippen LogP contribution in [0, 0.1) is 0 Å². The summed E-state index contributed by atoms with van der Waals surface area (Å²) >= 11 is 0. The van der Waals surface area contributed by atoms with E-state index >= 15 is 0 Å². The van der Waals surface area contributed by atoms with Gasteiger partial charge in [-0.3, -0.25) is 0 Å². The van der Waals surface area contributed by atoms with Crippen LogP contribution in [0.2, 0.25) is 0 Å². The van der Waals surface area contributed by atoms with Gasteiger partial charge in [-0.1, -0.05) is 31.2 Å². The molecule has 21 heavy (non-hydrogen) atoms. The zero-order chi connectivity index (χ0) is 14.7. The first kappa shape index (κ1) is 13.4. The largest absolute Gasteiger partial charge is 0.504 e. The monoisotopic (exact) mass is 283 g/mol. The maximum absolute atomic E-state index is 10.0. The van der Waals surface area contributed by atoms with Crippen LogP contribution in [0.3, 0.4) is 0 Å². The molecule has 2 aromatic carbocycles. The minimum Gasteiger partial charge on any atom is -0.504 e. The summed E-state index contributed by atoms with van der Waals surface area (Å²) in [5.41, 5.74) is 0. The summed E-state index contributed by atoms with van der Waals surface area (Å²) in [5, 5.41) is 16.2. The van der Waals surface area contributed by atoms with E-state index in [2.05, 4.69) is 17.0 Å². The van der Waals surface area contributed by atoms with Gasteiger partial charge in [0.05, 0.1) is 0 Å². The van der Waals surface area contributed by atoms with Crippen LogP contribution in [0.5, 0.6) is 11.5 Å². The van der Waals surface area contributed by atoms with Crippen LogP contribution in [0.25, 0.3) is 10.8 Å². The second kappa shape index (κ2) is 5.83. The molecule has 108 valence electrons. The smallest absolute Gasteiger partial charge is 0.164 e. The van der Waals surface area contributed by atoms with Gasteiger partial charge in [-0.15, -0.1) is 0 Å². The highest BCUT2D eigenvalue weighted by molar-refractivity contribution is 5.85. The molecule has 0 bridgehead atoms. The number of ether oxygens (including phenoxy) is 1. The Kier molecular flexibility index (Phi) is 3.73. The lowest BCUT2D eigenvalue weighted by molar-refractivity contribution is 0.272. The SMILES string of the molecule is CCCn1ncnc1COc1cc2ccccc2cc1O. The molecule has 0 saturated carbocycles. The third-order valence-electron chi connectivity index (χ3n) is 3.32. The number of hydrogen-bond donors (Lipinski definition) is 1. The molecule has 0 aliphatic heterocycles. The number of phenols is 1. The predicted octanol–water partition coefficient (Wildman–Crippen LogP) is 3.13. The van der Waals surface area contributed by atoms with E-state index in [-0.39, 0.29) is 12.4 Å². The van der Waals surface area contributed by atoms with Gasteiger partial charge in [-0.05, 0) is 29.3 Å². The Morgan fingerprint density at radius 1 is 1.19 bits per heavy atom. The van der Waals surface area contributed by atoms with Crippen molar-refractivity contribution in [2.24, 2.45) is 0 Å². The number of phenolic OH excluding ortho intramolecular Hbond substituents is 1. The van der Waals surface area contributed by atoms with Crippen molar-refractivity contribution >= 4 is 10.8 Å². The molecule has 0 unspecified atom stereocenters. The summed E-state index contributed by atoms with van der Waals surface area (Å²) in [4.78, 5) is 4.19. The van der Waals surface area contributed by atoms with E-state index in [0.717, 1.165) is 29.6 Å². The van der Waals surface area contributed by atoms with Crippen molar-refractivity contribution in [1.29, 1.82) is 0 Å². The average Bonchev–Trinajstić information content (AvgIpc) is 2.93. The molecule has 0 amide bonds. The van der Waals surface area contributed by atoms with Crippen molar-refractivity contribution in [2.75, 3.05) is 0 Å². The van der Waals surface area contributed by atoms with Gasteiger partial charge < -0.3 is 9.84 Å². The van der Waals surface area contributed by atoms with E-state index in [0.29, 0.717) is 5.75 Å². The summed E-state index contributed by atoms with van der Waals surface area (Å²) < 4.78 is 7.52. The summed E-state index contributed by atoms with van der Waals surface area (Å²) in [6, 6.07) is 11.4. The van der Waals surface area contributed by atoms with Gasteiger partial charge in [-0.2, -0.15) is 5.10 Å². The molecule has 0 spiro atoms. The van der Waals surface area contributed by atoms with Crippen LogP contribution in [-0.4, -0.2) is 19.9 Å². The maximum Gasteiger partial charge on any atom is 0.164 e. The summed E-state index contributed by atoms with van der Waals surface area (Å²) in [6.07, 6.45) is 2.51. The molecule has 1 heterocycles. The summed E-state index contributed by atoms with van der Waals surface area (Å²) in [6.45, 7) is 3.18. The first-order valence-corrected chi connectivity index (χ1v) is 6.99. The number of aromatic nitrogens is 3. The van der Waals surface area contributed by atoms with E-state index in [1.807, 2.05) is 35.0 Å². The molecule has 0 fully saturated rings. The number of aryl methyl sites for hydroxylation is 1. The molecule has 1 N–H and O–H groups in total. The highest BCUT2D eigenvalue weighted by Crippen LogP contribution is 2.31. The van der Waals surface area contributed by atoms with Crippen molar-refractivity contribution in [3.8, 4) is 11.5 Å². The minimum absolute atomic E-state index is 0.134. The first-order valence-electron chi connectivity index (χ1n) is 6.99. The lowest BCUT2D eigenvalue weighted by Gasteiger charge is -2.10. The fourth-order valence-electron chi connectivity index (χ4n) is 2.26. The van der Waals surface area contributed by atoms with E-state index < -0.39 is 0 Å². The van der Waals surface area contributed by atoms with Gasteiger partial charge in [-0.25, -0.2) is 9.67 Å². The van der Waals surface area contributed by atoms with E-state index in [1.165, 1.54) is 6.33 Å². The normalized spacial score (nSPS) is 10.9. The average molecular weight is 283 g/mol. The van der Waals surface area contributed by atoms with Gasteiger partial charge in [0.15, 0.2) is 17.3 Å². The third kappa shape index (κ3) is 2.81. The standard InChI is InChI=1S/C16H17N3O2/c1-2-7-19-16(17-11-18-19)10-21-15-9-13-6-4-3-5-12(13)8-14(15)20/h3-6,8-9,11,20H,2,7,10H2,1H3. The van der Waals surface area contributed by atoms with Crippen LogP contribution in [0.1, 0.15) is 19.2 Å². The van der Waals surface area contributed by atoms with Crippen LogP contribution in [-0.2, 0) is 13.2 Å². The van der Waals surface area contributed by atoms with Crippen LogP contribution in [0.4, 0.5) is 0 Å². The van der Waals surface area contributed by atoms with Crippen LogP contribution >= 0.6 is 0 Å². The van der Waals surface area contributed by atoms with Gasteiger partial charge in [0.2, 0.25) is 0 Å². The molecule has 0 aliphatic rings. The topological polar surface area (TPSA) is 60.2 Å². The Balaban J connectivity index is 1.81. The van der Waals surface area contributed by atoms with E-state index in [4.69, 9.17) is 4.74 Å². The summed E-state index contributed by atoms with van der Waals surface area (Å²) in [5.74, 6) is 1.35. The number of hydrogen-bond acceptors (Lipinski definition) is 4. The van der Waals surface area contributed by atoms with Crippen molar-refractivity contribution < 1.29 is 9.84 Å². The molecular formula is C16H17N3O2. The lowest BCUT2D eigenvalue weighted by atomic mass is 10.1. The Morgan fingerprint density at radius 2 is 1.95 bits per heavy atom. The van der Waals surface area contributed by atoms with Crippen molar-refractivity contribution in [1.82, 2.24) is 14.8 Å². The first-order chi connectivity index (χ1) is 10.3. The summed E-state index contributed by atoms with van der Waals surface area (Å²) in [7, 11) is 0. The third-order valence-corrected chi connectivity index (χ3v) is 3.32. The van der Waals surface area contributed by atoms with Crippen LogP contribution in [0.15, 0.2) is 42.7 Å². The maximum atomic E-state index is 10.0. The molecule has 5 nitrogen and oxygen atoms in total. The molecule has 0 atom stereocenters. The highest BCUT2D eigenvalue weighted by atomic mass is 16.5. The number of aromatic hydroxyl groups is 1. The fraction of sp³-hybridized carbons (Fsp3) is 0.250. The second-order valence-electron chi connectivity index (χ2n) is 4.86. The molecule has 3 rings (SSSR count).